The molecule has 0 bridgehead atoms. The van der Waals surface area contributed by atoms with Gasteiger partial charge in [0.25, 0.3) is 5.91 Å². The fourth-order valence-electron chi connectivity index (χ4n) is 6.40. The largest absolute Gasteiger partial charge is 0.493 e. The summed E-state index contributed by atoms with van der Waals surface area (Å²) in [5.74, 6) is 0.0483. The van der Waals surface area contributed by atoms with E-state index in [1.807, 2.05) is 82.4 Å². The van der Waals surface area contributed by atoms with Gasteiger partial charge in [-0.3, -0.25) is 19.6 Å². The van der Waals surface area contributed by atoms with E-state index in [9.17, 15) is 14.7 Å². The lowest BCUT2D eigenvalue weighted by Crippen LogP contribution is -2.35. The van der Waals surface area contributed by atoms with Crippen molar-refractivity contribution < 1.29 is 24.2 Å². The zero-order valence-electron chi connectivity index (χ0n) is 26.0. The molecule has 3 aromatic rings. The van der Waals surface area contributed by atoms with Crippen molar-refractivity contribution in [2.45, 2.75) is 38.0 Å². The number of carbonyl (C=O) groups excluding carboxylic acids is 2. The van der Waals surface area contributed by atoms with E-state index >= 15 is 0 Å². The summed E-state index contributed by atoms with van der Waals surface area (Å²) in [5.41, 5.74) is 5.47. The third-order valence-corrected chi connectivity index (χ3v) is 8.70. The molecule has 1 saturated heterocycles. The number of benzene rings is 2. The van der Waals surface area contributed by atoms with E-state index < -0.39 is 0 Å². The van der Waals surface area contributed by atoms with Crippen molar-refractivity contribution in [3.63, 3.8) is 0 Å². The summed E-state index contributed by atoms with van der Waals surface area (Å²) in [4.78, 5) is 37.2. The Kier molecular flexibility index (Phi) is 9.40. The van der Waals surface area contributed by atoms with E-state index in [4.69, 9.17) is 9.47 Å². The van der Waals surface area contributed by atoms with Crippen molar-refractivity contribution >= 4 is 23.8 Å². The molecule has 1 aromatic heterocycles. The highest BCUT2D eigenvalue weighted by Crippen LogP contribution is 2.39. The van der Waals surface area contributed by atoms with Crippen LogP contribution in [0.3, 0.4) is 0 Å². The molecule has 0 spiro atoms. The van der Waals surface area contributed by atoms with Crippen molar-refractivity contribution in [3.05, 3.63) is 119 Å². The van der Waals surface area contributed by atoms with E-state index in [0.717, 1.165) is 40.3 Å². The van der Waals surface area contributed by atoms with E-state index in [1.54, 1.807) is 19.3 Å². The number of aliphatic hydroxyl groups is 1. The Hall–Kier alpha value is -5.02. The highest BCUT2D eigenvalue weighted by molar-refractivity contribution is 6.16. The summed E-state index contributed by atoms with van der Waals surface area (Å²) in [7, 11) is 0. The molecule has 1 unspecified atom stereocenters. The molecule has 0 aliphatic carbocycles. The molecule has 236 valence electrons. The molecule has 46 heavy (non-hydrogen) atoms. The fourth-order valence-corrected chi connectivity index (χ4v) is 6.40. The molecule has 3 aliphatic rings. The lowest BCUT2D eigenvalue weighted by Gasteiger charge is -2.29. The minimum Gasteiger partial charge on any atom is -0.493 e. The van der Waals surface area contributed by atoms with Crippen LogP contribution in [0, 0.1) is 0 Å². The van der Waals surface area contributed by atoms with Gasteiger partial charge in [0.1, 0.15) is 5.75 Å². The smallest absolute Gasteiger partial charge is 0.305 e. The van der Waals surface area contributed by atoms with Crippen LogP contribution in [0.15, 0.2) is 113 Å². The first-order valence-electron chi connectivity index (χ1n) is 15.8. The van der Waals surface area contributed by atoms with Gasteiger partial charge in [-0.1, -0.05) is 30.3 Å². The minimum atomic E-state index is -0.327. The van der Waals surface area contributed by atoms with Gasteiger partial charge >= 0.3 is 5.97 Å². The lowest BCUT2D eigenvalue weighted by molar-refractivity contribution is -0.143. The standard InChI is InChI=1S/C37H38N4O5/c1-2-45-34(43)13-8-24-46-33-15-14-28(41-21-7-12-32(41)35-29(16-20-39-35)31-11-6-19-38-31)25-30(33)36(44)40-22-17-37(26-40,18-23-42)27-9-4-3-5-10-27/h3-7,9-12,14-16,19-21,25,42H,2,8,13,17-18,22-24,26H2,1H3. The third kappa shape index (κ3) is 6.37. The number of hydrogen-bond acceptors (Lipinski definition) is 7. The van der Waals surface area contributed by atoms with Gasteiger partial charge in [0, 0.05) is 61.4 Å². The van der Waals surface area contributed by atoms with Gasteiger partial charge in [-0.15, -0.1) is 0 Å². The van der Waals surface area contributed by atoms with Gasteiger partial charge in [0.15, 0.2) is 0 Å². The Morgan fingerprint density at radius 1 is 1.07 bits per heavy atom. The number of likely N-dealkylation sites (tertiary alicyclic amines) is 1. The second-order valence-electron chi connectivity index (χ2n) is 11.5. The molecule has 2 aromatic carbocycles. The normalized spacial score (nSPS) is 20.0. The molecule has 4 heterocycles. The van der Waals surface area contributed by atoms with Crippen LogP contribution in [-0.4, -0.2) is 71.3 Å². The minimum absolute atomic E-state index is 0.0373. The predicted molar refractivity (Wildman–Crippen MR) is 178 cm³/mol. The zero-order chi connectivity index (χ0) is 31.9. The quantitative estimate of drug-likeness (QED) is 0.211. The van der Waals surface area contributed by atoms with Crippen LogP contribution in [0.4, 0.5) is 0 Å². The maximum absolute atomic E-state index is 14.3. The molecular weight excluding hydrogens is 580 g/mol. The second-order valence-corrected chi connectivity index (χ2v) is 11.5. The molecule has 1 amide bonds. The first-order chi connectivity index (χ1) is 22.5. The second kappa shape index (κ2) is 14.0. The Morgan fingerprint density at radius 3 is 2.72 bits per heavy atom. The summed E-state index contributed by atoms with van der Waals surface area (Å²) in [6, 6.07) is 19.7. The average Bonchev–Trinajstić information content (AvgIpc) is 3.90. The number of ether oxygens (including phenoxy) is 2. The van der Waals surface area contributed by atoms with Crippen LogP contribution >= 0.6 is 0 Å². The van der Waals surface area contributed by atoms with Crippen LogP contribution < -0.4 is 4.74 Å². The van der Waals surface area contributed by atoms with E-state index in [1.165, 1.54) is 0 Å². The molecule has 9 nitrogen and oxygen atoms in total. The molecular formula is C37H38N4O5. The number of aromatic nitrogens is 1. The summed E-state index contributed by atoms with van der Waals surface area (Å²) in [6.45, 7) is 3.47. The number of aliphatic imine (C=N–C) groups is 2. The summed E-state index contributed by atoms with van der Waals surface area (Å²) in [6.07, 6.45) is 13.3. The maximum atomic E-state index is 14.3. The van der Waals surface area contributed by atoms with Crippen LogP contribution in [0.2, 0.25) is 0 Å². The number of rotatable bonds is 12. The summed E-state index contributed by atoms with van der Waals surface area (Å²) < 4.78 is 13.2. The molecule has 1 fully saturated rings. The molecule has 0 radical (unpaired) electrons. The number of nitrogens with zero attached hydrogens (tertiary/aromatic N) is 4. The first-order valence-corrected chi connectivity index (χ1v) is 15.8. The van der Waals surface area contributed by atoms with Crippen LogP contribution in [0.5, 0.6) is 5.75 Å². The van der Waals surface area contributed by atoms with Crippen molar-refractivity contribution in [2.75, 3.05) is 32.9 Å². The van der Waals surface area contributed by atoms with Gasteiger partial charge in [-0.05, 0) is 80.3 Å². The van der Waals surface area contributed by atoms with Gasteiger partial charge in [0.05, 0.1) is 35.9 Å². The Balaban J connectivity index is 1.31. The topological polar surface area (TPSA) is 106 Å². The number of carbonyl (C=O) groups is 2. The zero-order valence-corrected chi connectivity index (χ0v) is 26.0. The molecule has 9 heteroatoms. The van der Waals surface area contributed by atoms with E-state index in [-0.39, 0.29) is 36.9 Å². The monoisotopic (exact) mass is 618 g/mol. The van der Waals surface area contributed by atoms with Gasteiger partial charge in [0.2, 0.25) is 0 Å². The number of esters is 1. The van der Waals surface area contributed by atoms with Gasteiger partial charge in [-0.2, -0.15) is 0 Å². The average molecular weight is 619 g/mol. The first kappa shape index (κ1) is 31.0. The summed E-state index contributed by atoms with van der Waals surface area (Å²) >= 11 is 0. The highest BCUT2D eigenvalue weighted by Gasteiger charge is 2.41. The van der Waals surface area contributed by atoms with Crippen LogP contribution in [-0.2, 0) is 14.9 Å². The Labute approximate surface area is 268 Å². The van der Waals surface area contributed by atoms with Crippen molar-refractivity contribution in [1.29, 1.82) is 0 Å². The molecule has 1 N–H and O–H groups in total. The maximum Gasteiger partial charge on any atom is 0.305 e. The highest BCUT2D eigenvalue weighted by atomic mass is 16.5. The molecule has 0 saturated carbocycles. The summed E-state index contributed by atoms with van der Waals surface area (Å²) in [5, 5.41) is 9.99. The predicted octanol–water partition coefficient (Wildman–Crippen LogP) is 5.58. The molecule has 3 aliphatic heterocycles. The van der Waals surface area contributed by atoms with Crippen LogP contribution in [0.25, 0.3) is 5.69 Å². The number of hydrogen-bond donors (Lipinski definition) is 1. The lowest BCUT2D eigenvalue weighted by atomic mass is 9.77. The van der Waals surface area contributed by atoms with Crippen molar-refractivity contribution in [3.8, 4) is 11.4 Å². The molecule has 6 rings (SSSR count). The van der Waals surface area contributed by atoms with Crippen molar-refractivity contribution in [1.82, 2.24) is 9.47 Å². The van der Waals surface area contributed by atoms with Crippen molar-refractivity contribution in [2.24, 2.45) is 9.98 Å². The Morgan fingerprint density at radius 2 is 1.93 bits per heavy atom. The molecule has 1 atom stereocenters. The van der Waals surface area contributed by atoms with E-state index in [0.29, 0.717) is 43.9 Å². The van der Waals surface area contributed by atoms with Gasteiger partial charge < -0.3 is 24.0 Å². The number of amides is 1. The number of aliphatic hydroxyl groups excluding tert-OH is 1. The fraction of sp³-hybridized carbons (Fsp3) is 0.297. The third-order valence-electron chi connectivity index (χ3n) is 8.70. The van der Waals surface area contributed by atoms with Crippen LogP contribution in [0.1, 0.15) is 54.2 Å². The van der Waals surface area contributed by atoms with Gasteiger partial charge in [-0.25, -0.2) is 0 Å². The Bertz CT molecular complexity index is 1740. The number of allylic oxidation sites excluding steroid dienone is 4. The van der Waals surface area contributed by atoms with E-state index in [2.05, 4.69) is 22.1 Å². The SMILES string of the molecule is CCOC(=O)CCCOc1ccc(-n2cccc2C2=NC=CC2=C2C=CC=N2)cc1C(=O)N1CCC(CCO)(c2ccccc2)C1.